The first-order valence-electron chi connectivity index (χ1n) is 8.05. The van der Waals surface area contributed by atoms with Gasteiger partial charge in [0.05, 0.1) is 18.0 Å². The Morgan fingerprint density at radius 2 is 2.08 bits per heavy atom. The Kier molecular flexibility index (Phi) is 4.94. The van der Waals surface area contributed by atoms with Crippen LogP contribution in [-0.2, 0) is 16.0 Å². The molecule has 0 radical (unpaired) electrons. The number of aromatic nitrogens is 1. The lowest BCUT2D eigenvalue weighted by atomic mass is 9.87. The van der Waals surface area contributed by atoms with E-state index in [0.717, 1.165) is 16.3 Å². The van der Waals surface area contributed by atoms with Gasteiger partial charge in [0.25, 0.3) is 0 Å². The van der Waals surface area contributed by atoms with Crippen molar-refractivity contribution in [1.29, 1.82) is 0 Å². The van der Waals surface area contributed by atoms with E-state index >= 15 is 0 Å². The van der Waals surface area contributed by atoms with E-state index in [4.69, 9.17) is 5.11 Å². The van der Waals surface area contributed by atoms with Crippen molar-refractivity contribution < 1.29 is 14.7 Å². The third kappa shape index (κ3) is 3.64. The number of carbonyl (C=O) groups is 2. The molecule has 1 aliphatic rings. The van der Waals surface area contributed by atoms with Crippen molar-refractivity contribution in [3.63, 3.8) is 0 Å². The standard InChI is InChI=1S/C18H20N2O3S/c1-12-10-20(8-7-15(12)18(22)23)16(21)9-14-11-24-17(19-14)13-5-3-2-4-6-13/h2-6,11-12,15H,7-10H2,1H3,(H,22,23). The molecule has 3 rings (SSSR count). The molecule has 1 fully saturated rings. The minimum absolute atomic E-state index is 0.0180. The molecule has 6 heteroatoms. The van der Waals surface area contributed by atoms with E-state index in [2.05, 4.69) is 4.98 Å². The first kappa shape index (κ1) is 16.6. The Morgan fingerprint density at radius 3 is 2.75 bits per heavy atom. The first-order valence-corrected chi connectivity index (χ1v) is 8.93. The van der Waals surface area contributed by atoms with Crippen LogP contribution in [0.25, 0.3) is 10.6 Å². The van der Waals surface area contributed by atoms with Gasteiger partial charge >= 0.3 is 5.97 Å². The second-order valence-electron chi connectivity index (χ2n) is 6.24. The normalized spacial score (nSPS) is 20.8. The summed E-state index contributed by atoms with van der Waals surface area (Å²) >= 11 is 1.54. The average Bonchev–Trinajstić information content (AvgIpc) is 3.03. The van der Waals surface area contributed by atoms with Crippen LogP contribution >= 0.6 is 11.3 Å². The van der Waals surface area contributed by atoms with Crippen LogP contribution in [0.1, 0.15) is 19.0 Å². The summed E-state index contributed by atoms with van der Waals surface area (Å²) in [7, 11) is 0. The number of hydrogen-bond donors (Lipinski definition) is 1. The van der Waals surface area contributed by atoms with E-state index in [9.17, 15) is 9.59 Å². The van der Waals surface area contributed by atoms with Crippen LogP contribution in [0.3, 0.4) is 0 Å². The van der Waals surface area contributed by atoms with Gasteiger partial charge in [0, 0.05) is 24.0 Å². The van der Waals surface area contributed by atoms with Gasteiger partial charge in [0.15, 0.2) is 0 Å². The molecule has 24 heavy (non-hydrogen) atoms. The summed E-state index contributed by atoms with van der Waals surface area (Å²) in [4.78, 5) is 30.0. The first-order chi connectivity index (χ1) is 11.5. The predicted molar refractivity (Wildman–Crippen MR) is 92.7 cm³/mol. The number of nitrogens with zero attached hydrogens (tertiary/aromatic N) is 2. The Labute approximate surface area is 145 Å². The molecule has 1 N–H and O–H groups in total. The molecule has 5 nitrogen and oxygen atoms in total. The lowest BCUT2D eigenvalue weighted by molar-refractivity contribution is -0.148. The van der Waals surface area contributed by atoms with Crippen molar-refractivity contribution in [3.05, 3.63) is 41.4 Å². The highest BCUT2D eigenvalue weighted by Crippen LogP contribution is 2.26. The smallest absolute Gasteiger partial charge is 0.306 e. The molecule has 0 spiro atoms. The van der Waals surface area contributed by atoms with Crippen molar-refractivity contribution >= 4 is 23.2 Å². The number of carboxylic acids is 1. The van der Waals surface area contributed by atoms with E-state index in [0.29, 0.717) is 19.5 Å². The van der Waals surface area contributed by atoms with Crippen molar-refractivity contribution in [2.75, 3.05) is 13.1 Å². The highest BCUT2D eigenvalue weighted by Gasteiger charge is 2.33. The maximum absolute atomic E-state index is 12.5. The fourth-order valence-electron chi connectivity index (χ4n) is 3.11. The minimum Gasteiger partial charge on any atom is -0.481 e. The van der Waals surface area contributed by atoms with Gasteiger partial charge in [-0.15, -0.1) is 11.3 Å². The molecule has 0 aliphatic carbocycles. The number of benzene rings is 1. The number of amides is 1. The molecule has 2 heterocycles. The largest absolute Gasteiger partial charge is 0.481 e. The molecule has 1 aromatic heterocycles. The van der Waals surface area contributed by atoms with Gasteiger partial charge in [-0.3, -0.25) is 9.59 Å². The number of piperidine rings is 1. The number of thiazole rings is 1. The van der Waals surface area contributed by atoms with E-state index in [1.165, 1.54) is 11.3 Å². The molecule has 0 bridgehead atoms. The second kappa shape index (κ2) is 7.13. The van der Waals surface area contributed by atoms with Gasteiger partial charge in [-0.2, -0.15) is 0 Å². The molecule has 1 saturated heterocycles. The van der Waals surface area contributed by atoms with Gasteiger partial charge in [0.2, 0.25) is 5.91 Å². The third-order valence-electron chi connectivity index (χ3n) is 4.48. The maximum Gasteiger partial charge on any atom is 0.306 e. The number of carboxylic acid groups (broad SMARTS) is 1. The molecule has 1 amide bonds. The Bertz CT molecular complexity index is 729. The quantitative estimate of drug-likeness (QED) is 0.926. The lowest BCUT2D eigenvalue weighted by Gasteiger charge is -2.34. The summed E-state index contributed by atoms with van der Waals surface area (Å²) in [6, 6.07) is 9.90. The molecule has 2 unspecified atom stereocenters. The minimum atomic E-state index is -0.762. The van der Waals surface area contributed by atoms with Crippen LogP contribution in [0.4, 0.5) is 0 Å². The highest BCUT2D eigenvalue weighted by atomic mass is 32.1. The zero-order valence-corrected chi connectivity index (χ0v) is 14.3. The third-order valence-corrected chi connectivity index (χ3v) is 5.42. The lowest BCUT2D eigenvalue weighted by Crippen LogP contribution is -2.45. The zero-order valence-electron chi connectivity index (χ0n) is 13.5. The summed E-state index contributed by atoms with van der Waals surface area (Å²) in [5.74, 6) is -1.11. The van der Waals surface area contributed by atoms with Gasteiger partial charge in [0.1, 0.15) is 5.01 Å². The number of rotatable bonds is 4. The maximum atomic E-state index is 12.5. The number of aliphatic carboxylic acids is 1. The van der Waals surface area contributed by atoms with Gasteiger partial charge in [-0.1, -0.05) is 37.3 Å². The van der Waals surface area contributed by atoms with Crippen molar-refractivity contribution in [1.82, 2.24) is 9.88 Å². The second-order valence-corrected chi connectivity index (χ2v) is 7.10. The molecule has 0 saturated carbocycles. The van der Waals surface area contributed by atoms with Crippen LogP contribution in [0, 0.1) is 11.8 Å². The van der Waals surface area contributed by atoms with Crippen LogP contribution in [0.2, 0.25) is 0 Å². The van der Waals surface area contributed by atoms with E-state index < -0.39 is 5.97 Å². The topological polar surface area (TPSA) is 70.5 Å². The van der Waals surface area contributed by atoms with Crippen molar-refractivity contribution in [2.24, 2.45) is 11.8 Å². The monoisotopic (exact) mass is 344 g/mol. The summed E-state index contributed by atoms with van der Waals surface area (Å²) in [6.07, 6.45) is 0.794. The van der Waals surface area contributed by atoms with Crippen LogP contribution in [0.5, 0.6) is 0 Å². The van der Waals surface area contributed by atoms with Gasteiger partial charge < -0.3 is 10.0 Å². The number of hydrogen-bond acceptors (Lipinski definition) is 4. The zero-order chi connectivity index (χ0) is 17.1. The molecule has 2 atom stereocenters. The van der Waals surface area contributed by atoms with Crippen LogP contribution in [0.15, 0.2) is 35.7 Å². The number of likely N-dealkylation sites (tertiary alicyclic amines) is 1. The van der Waals surface area contributed by atoms with E-state index in [1.807, 2.05) is 42.6 Å². The van der Waals surface area contributed by atoms with Crippen molar-refractivity contribution in [3.8, 4) is 10.6 Å². The molecule has 126 valence electrons. The van der Waals surface area contributed by atoms with Crippen LogP contribution < -0.4 is 0 Å². The Hall–Kier alpha value is -2.21. The average molecular weight is 344 g/mol. The fraction of sp³-hybridized carbons (Fsp3) is 0.389. The molecular weight excluding hydrogens is 324 g/mol. The van der Waals surface area contributed by atoms with Gasteiger partial charge in [-0.05, 0) is 12.3 Å². The van der Waals surface area contributed by atoms with Crippen molar-refractivity contribution in [2.45, 2.75) is 19.8 Å². The number of carbonyl (C=O) groups excluding carboxylic acids is 1. The van der Waals surface area contributed by atoms with E-state index in [-0.39, 0.29) is 24.2 Å². The Morgan fingerprint density at radius 1 is 1.33 bits per heavy atom. The van der Waals surface area contributed by atoms with Gasteiger partial charge in [-0.25, -0.2) is 4.98 Å². The van der Waals surface area contributed by atoms with Crippen LogP contribution in [-0.4, -0.2) is 40.0 Å². The summed E-state index contributed by atoms with van der Waals surface area (Å²) in [5, 5.41) is 12.0. The summed E-state index contributed by atoms with van der Waals surface area (Å²) in [6.45, 7) is 2.91. The predicted octanol–water partition coefficient (Wildman–Crippen LogP) is 2.92. The molecular formula is C18H20N2O3S. The summed E-state index contributed by atoms with van der Waals surface area (Å²) < 4.78 is 0. The molecule has 1 aromatic carbocycles. The Balaban J connectivity index is 1.62. The SMILES string of the molecule is CC1CN(C(=O)Cc2csc(-c3ccccc3)n2)CCC1C(=O)O. The summed E-state index contributed by atoms with van der Waals surface area (Å²) in [5.41, 5.74) is 1.83. The fourth-order valence-corrected chi connectivity index (χ4v) is 3.93. The molecule has 1 aliphatic heterocycles. The highest BCUT2D eigenvalue weighted by molar-refractivity contribution is 7.13. The van der Waals surface area contributed by atoms with E-state index in [1.54, 1.807) is 4.90 Å². The molecule has 2 aromatic rings.